The van der Waals surface area contributed by atoms with Gasteiger partial charge in [-0.05, 0) is 86.3 Å². The summed E-state index contributed by atoms with van der Waals surface area (Å²) in [5, 5.41) is 3.85. The Balaban J connectivity index is 1.43. The molecule has 4 saturated carbocycles. The smallest absolute Gasteiger partial charge is 0.161 e. The van der Waals surface area contributed by atoms with Gasteiger partial charge in [-0.1, -0.05) is 6.07 Å². The van der Waals surface area contributed by atoms with Gasteiger partial charge in [0, 0.05) is 12.6 Å². The summed E-state index contributed by atoms with van der Waals surface area (Å²) >= 11 is 0. The summed E-state index contributed by atoms with van der Waals surface area (Å²) in [5.41, 5.74) is 1.83. The van der Waals surface area contributed by atoms with Crippen LogP contribution in [0.5, 0.6) is 11.5 Å². The van der Waals surface area contributed by atoms with Gasteiger partial charge in [0.1, 0.15) is 0 Å². The maximum atomic E-state index is 5.43. The second-order valence-corrected chi connectivity index (χ2v) is 8.57. The van der Waals surface area contributed by atoms with E-state index in [9.17, 15) is 0 Å². The maximum Gasteiger partial charge on any atom is 0.161 e. The van der Waals surface area contributed by atoms with Crippen LogP contribution in [0.1, 0.15) is 51.0 Å². The molecule has 0 aliphatic heterocycles. The van der Waals surface area contributed by atoms with E-state index in [0.717, 1.165) is 35.8 Å². The van der Waals surface area contributed by atoms with Crippen LogP contribution in [0.2, 0.25) is 0 Å². The number of hydrogen-bond acceptors (Lipinski definition) is 3. The van der Waals surface area contributed by atoms with E-state index in [1.807, 2.05) is 6.07 Å². The highest BCUT2D eigenvalue weighted by Gasteiger charge is 2.52. The average Bonchev–Trinajstić information content (AvgIpc) is 2.58. The minimum atomic E-state index is 0.561. The number of nitrogens with one attached hydrogen (secondary N) is 1. The van der Waals surface area contributed by atoms with E-state index in [1.165, 1.54) is 44.1 Å². The summed E-state index contributed by atoms with van der Waals surface area (Å²) in [6.45, 7) is 3.33. The molecule has 4 aliphatic carbocycles. The minimum absolute atomic E-state index is 0.561. The number of hydrogen-bond donors (Lipinski definition) is 1. The largest absolute Gasteiger partial charge is 0.493 e. The molecule has 4 bridgehead atoms. The van der Waals surface area contributed by atoms with E-state index < -0.39 is 0 Å². The van der Waals surface area contributed by atoms with Gasteiger partial charge in [-0.25, -0.2) is 0 Å². The first-order valence-corrected chi connectivity index (χ1v) is 9.56. The van der Waals surface area contributed by atoms with Gasteiger partial charge >= 0.3 is 0 Å². The van der Waals surface area contributed by atoms with Crippen LogP contribution in [-0.2, 0) is 6.54 Å². The molecule has 1 atom stereocenters. The van der Waals surface area contributed by atoms with Crippen LogP contribution in [0.3, 0.4) is 0 Å². The lowest BCUT2D eigenvalue weighted by molar-refractivity contribution is -0.0706. The van der Waals surface area contributed by atoms with Crippen LogP contribution in [0, 0.1) is 23.2 Å². The van der Waals surface area contributed by atoms with E-state index in [1.54, 1.807) is 14.2 Å². The lowest BCUT2D eigenvalue weighted by Crippen LogP contribution is -2.54. The molecule has 0 saturated heterocycles. The van der Waals surface area contributed by atoms with Crippen molar-refractivity contribution in [2.24, 2.45) is 23.2 Å². The molecule has 5 rings (SSSR count). The quantitative estimate of drug-likeness (QED) is 0.839. The summed E-state index contributed by atoms with van der Waals surface area (Å²) in [4.78, 5) is 0. The fraction of sp³-hybridized carbons (Fsp3) is 0.714. The lowest BCUT2D eigenvalue weighted by Gasteiger charge is -2.59. The summed E-state index contributed by atoms with van der Waals surface area (Å²) in [6.07, 6.45) is 8.92. The number of benzene rings is 1. The monoisotopic (exact) mass is 329 g/mol. The molecule has 1 aromatic carbocycles. The molecule has 1 N–H and O–H groups in total. The van der Waals surface area contributed by atoms with Crippen molar-refractivity contribution < 1.29 is 9.47 Å². The average molecular weight is 329 g/mol. The molecule has 0 aromatic heterocycles. The predicted octanol–water partition coefficient (Wildman–Crippen LogP) is 4.40. The van der Waals surface area contributed by atoms with Crippen molar-refractivity contribution in [3.8, 4) is 11.5 Å². The Morgan fingerprint density at radius 2 is 1.58 bits per heavy atom. The molecule has 0 radical (unpaired) electrons. The molecule has 0 unspecified atom stereocenters. The second kappa shape index (κ2) is 6.25. The summed E-state index contributed by atoms with van der Waals surface area (Å²) in [6, 6.07) is 6.84. The molecule has 4 aliphatic rings. The third-order valence-corrected chi connectivity index (χ3v) is 7.06. The first-order valence-electron chi connectivity index (χ1n) is 9.56. The van der Waals surface area contributed by atoms with Gasteiger partial charge in [-0.2, -0.15) is 0 Å². The SMILES string of the molecule is COc1ccc(CN[C@H](C)C23CC4CC(CC(C4)C2)C3)cc1OC. The molecule has 1 aromatic rings. The zero-order chi connectivity index (χ0) is 16.7. The second-order valence-electron chi connectivity index (χ2n) is 8.57. The maximum absolute atomic E-state index is 5.43. The third-order valence-electron chi connectivity index (χ3n) is 7.06. The molecular formula is C21H31NO2. The first-order chi connectivity index (χ1) is 11.6. The van der Waals surface area contributed by atoms with Crippen LogP contribution in [0.4, 0.5) is 0 Å². The lowest BCUT2D eigenvalue weighted by atomic mass is 9.48. The van der Waals surface area contributed by atoms with Crippen molar-refractivity contribution in [1.29, 1.82) is 0 Å². The normalized spacial score (nSPS) is 35.0. The van der Waals surface area contributed by atoms with Gasteiger partial charge in [-0.15, -0.1) is 0 Å². The third kappa shape index (κ3) is 2.81. The molecule has 0 heterocycles. The van der Waals surface area contributed by atoms with E-state index in [2.05, 4.69) is 24.4 Å². The number of methoxy groups -OCH3 is 2. The molecule has 24 heavy (non-hydrogen) atoms. The minimum Gasteiger partial charge on any atom is -0.493 e. The van der Waals surface area contributed by atoms with Crippen molar-refractivity contribution in [3.63, 3.8) is 0 Å². The summed E-state index contributed by atoms with van der Waals surface area (Å²) < 4.78 is 10.8. The Morgan fingerprint density at radius 1 is 1.00 bits per heavy atom. The van der Waals surface area contributed by atoms with Crippen molar-refractivity contribution in [2.75, 3.05) is 14.2 Å². The van der Waals surface area contributed by atoms with Gasteiger partial charge < -0.3 is 14.8 Å². The number of ether oxygens (including phenoxy) is 2. The van der Waals surface area contributed by atoms with Crippen molar-refractivity contribution in [1.82, 2.24) is 5.32 Å². The van der Waals surface area contributed by atoms with Crippen molar-refractivity contribution >= 4 is 0 Å². The fourth-order valence-electron chi connectivity index (χ4n) is 6.19. The van der Waals surface area contributed by atoms with Gasteiger partial charge in [0.2, 0.25) is 0 Å². The van der Waals surface area contributed by atoms with E-state index in [-0.39, 0.29) is 0 Å². The Labute approximate surface area is 146 Å². The van der Waals surface area contributed by atoms with Gasteiger partial charge in [0.05, 0.1) is 14.2 Å². The number of rotatable bonds is 6. The highest BCUT2D eigenvalue weighted by Crippen LogP contribution is 2.61. The van der Waals surface area contributed by atoms with E-state index >= 15 is 0 Å². The molecule has 3 nitrogen and oxygen atoms in total. The van der Waals surface area contributed by atoms with E-state index in [4.69, 9.17) is 9.47 Å². The Bertz CT molecular complexity index is 562. The van der Waals surface area contributed by atoms with Crippen LogP contribution >= 0.6 is 0 Å². The van der Waals surface area contributed by atoms with Gasteiger partial charge in [0.15, 0.2) is 11.5 Å². The fourth-order valence-corrected chi connectivity index (χ4v) is 6.19. The first kappa shape index (κ1) is 16.3. The topological polar surface area (TPSA) is 30.5 Å². The highest BCUT2D eigenvalue weighted by molar-refractivity contribution is 5.42. The Morgan fingerprint density at radius 3 is 2.12 bits per heavy atom. The van der Waals surface area contributed by atoms with E-state index in [0.29, 0.717) is 11.5 Å². The molecule has 0 spiro atoms. The van der Waals surface area contributed by atoms with Gasteiger partial charge in [0.25, 0.3) is 0 Å². The summed E-state index contributed by atoms with van der Waals surface area (Å²) in [5.74, 6) is 4.67. The molecule has 132 valence electrons. The highest BCUT2D eigenvalue weighted by atomic mass is 16.5. The van der Waals surface area contributed by atoms with Gasteiger partial charge in [-0.3, -0.25) is 0 Å². The standard InChI is InChI=1S/C21H31NO2/c1-14(21-10-16-6-17(11-21)8-18(7-16)12-21)22-13-15-4-5-19(23-2)20(9-15)24-3/h4-5,9,14,16-18,22H,6-8,10-13H2,1-3H3/t14-,16?,17?,18?,21?/m1/s1. The molecule has 4 fully saturated rings. The Hall–Kier alpha value is -1.22. The summed E-state index contributed by atoms with van der Waals surface area (Å²) in [7, 11) is 3.39. The Kier molecular flexibility index (Phi) is 4.24. The van der Waals surface area contributed by atoms with Crippen LogP contribution < -0.4 is 14.8 Å². The zero-order valence-corrected chi connectivity index (χ0v) is 15.3. The zero-order valence-electron chi connectivity index (χ0n) is 15.3. The van der Waals surface area contributed by atoms with Crippen LogP contribution in [0.15, 0.2) is 18.2 Å². The van der Waals surface area contributed by atoms with Crippen molar-refractivity contribution in [3.05, 3.63) is 23.8 Å². The van der Waals surface area contributed by atoms with Crippen LogP contribution in [-0.4, -0.2) is 20.3 Å². The molecule has 0 amide bonds. The van der Waals surface area contributed by atoms with Crippen LogP contribution in [0.25, 0.3) is 0 Å². The van der Waals surface area contributed by atoms with Crippen molar-refractivity contribution in [2.45, 2.75) is 58.0 Å². The molecular weight excluding hydrogens is 298 g/mol. The molecule has 3 heteroatoms. The predicted molar refractivity (Wildman–Crippen MR) is 96.5 cm³/mol.